The number of allylic oxidation sites excluding steroid dienone is 1. The summed E-state index contributed by atoms with van der Waals surface area (Å²) in [5.41, 5.74) is 1.38. The van der Waals surface area contributed by atoms with Gasteiger partial charge in [-0.3, -0.25) is 4.57 Å². The second-order valence-electron chi connectivity index (χ2n) is 5.65. The Balaban J connectivity index is 1.85. The molecule has 4 nitrogen and oxygen atoms in total. The van der Waals surface area contributed by atoms with E-state index in [4.69, 9.17) is 16.3 Å². The molecule has 0 bridgehead atoms. The van der Waals surface area contributed by atoms with Gasteiger partial charge in [-0.15, -0.1) is 16.8 Å². The molecule has 2 aromatic carbocycles. The van der Waals surface area contributed by atoms with Gasteiger partial charge < -0.3 is 4.74 Å². The molecule has 0 saturated heterocycles. The van der Waals surface area contributed by atoms with Crippen LogP contribution in [0, 0.1) is 5.82 Å². The predicted molar refractivity (Wildman–Crippen MR) is 108 cm³/mol. The Kier molecular flexibility index (Phi) is 6.53. The van der Waals surface area contributed by atoms with Gasteiger partial charge in [-0.1, -0.05) is 35.5 Å². The lowest BCUT2D eigenvalue weighted by atomic mass is 10.2. The lowest BCUT2D eigenvalue weighted by molar-refractivity contribution is 0.340. The molecule has 0 fully saturated rings. The van der Waals surface area contributed by atoms with E-state index in [0.717, 1.165) is 17.1 Å². The molecule has 0 saturated carbocycles. The molecule has 1 heterocycles. The Morgan fingerprint density at radius 2 is 2.00 bits per heavy atom. The molecule has 3 aromatic rings. The minimum Gasteiger partial charge on any atom is -0.494 e. The lowest BCUT2D eigenvalue weighted by Crippen LogP contribution is -2.01. The molecule has 0 aliphatic rings. The SMILES string of the molecule is C=CCn1c(SCc2c(F)cccc2Cl)nnc1-c1ccc(OCC)cc1. The molecule has 0 N–H and O–H groups in total. The average Bonchev–Trinajstić information content (AvgIpc) is 3.05. The van der Waals surface area contributed by atoms with Crippen molar-refractivity contribution in [3.63, 3.8) is 0 Å². The monoisotopic (exact) mass is 403 g/mol. The van der Waals surface area contributed by atoms with Gasteiger partial charge in [0.1, 0.15) is 11.6 Å². The standard InChI is InChI=1S/C20H19ClFN3OS/c1-3-12-25-19(14-8-10-15(11-9-14)26-4-2)23-24-20(25)27-13-16-17(21)6-5-7-18(16)22/h3,5-11H,1,4,12-13H2,2H3. The molecular formula is C20H19ClFN3OS. The maximum atomic E-state index is 14.0. The molecule has 0 unspecified atom stereocenters. The Morgan fingerprint density at radius 1 is 1.22 bits per heavy atom. The van der Waals surface area contributed by atoms with E-state index in [-0.39, 0.29) is 5.82 Å². The quantitative estimate of drug-likeness (QED) is 0.362. The van der Waals surface area contributed by atoms with E-state index < -0.39 is 0 Å². The van der Waals surface area contributed by atoms with Gasteiger partial charge >= 0.3 is 0 Å². The number of ether oxygens (including phenoxy) is 1. The number of hydrogen-bond donors (Lipinski definition) is 0. The zero-order chi connectivity index (χ0) is 19.2. The summed E-state index contributed by atoms with van der Waals surface area (Å²) in [4.78, 5) is 0. The van der Waals surface area contributed by atoms with Gasteiger partial charge in [0.25, 0.3) is 0 Å². The first-order chi connectivity index (χ1) is 13.1. The Morgan fingerprint density at radius 3 is 2.67 bits per heavy atom. The van der Waals surface area contributed by atoms with Crippen LogP contribution in [0.4, 0.5) is 4.39 Å². The molecule has 0 radical (unpaired) electrons. The third kappa shape index (κ3) is 4.51. The zero-order valence-corrected chi connectivity index (χ0v) is 16.4. The van der Waals surface area contributed by atoms with Crippen molar-refractivity contribution in [3.05, 3.63) is 71.5 Å². The highest BCUT2D eigenvalue weighted by atomic mass is 35.5. The van der Waals surface area contributed by atoms with Crippen molar-refractivity contribution in [1.82, 2.24) is 14.8 Å². The normalized spacial score (nSPS) is 10.8. The van der Waals surface area contributed by atoms with Crippen LogP contribution in [-0.4, -0.2) is 21.4 Å². The predicted octanol–water partition coefficient (Wildman–Crippen LogP) is 5.61. The van der Waals surface area contributed by atoms with Gasteiger partial charge in [0.05, 0.1) is 6.61 Å². The minimum atomic E-state index is -0.323. The summed E-state index contributed by atoms with van der Waals surface area (Å²) in [6.07, 6.45) is 1.78. The number of benzene rings is 2. The fourth-order valence-corrected chi connectivity index (χ4v) is 3.87. The summed E-state index contributed by atoms with van der Waals surface area (Å²) < 4.78 is 21.4. The molecule has 7 heteroatoms. The Labute approximate surface area is 167 Å². The van der Waals surface area contributed by atoms with E-state index in [1.165, 1.54) is 17.8 Å². The molecule has 0 atom stereocenters. The molecule has 27 heavy (non-hydrogen) atoms. The summed E-state index contributed by atoms with van der Waals surface area (Å²) in [7, 11) is 0. The van der Waals surface area contributed by atoms with E-state index in [2.05, 4.69) is 16.8 Å². The molecule has 1 aromatic heterocycles. The summed E-state index contributed by atoms with van der Waals surface area (Å²) in [5, 5.41) is 9.68. The van der Waals surface area contributed by atoms with Crippen LogP contribution >= 0.6 is 23.4 Å². The fraction of sp³-hybridized carbons (Fsp3) is 0.200. The molecular weight excluding hydrogens is 385 g/mol. The maximum absolute atomic E-state index is 14.0. The van der Waals surface area contributed by atoms with Crippen molar-refractivity contribution >= 4 is 23.4 Å². The third-order valence-corrected chi connectivity index (χ3v) is 5.21. The molecule has 0 amide bonds. The number of hydrogen-bond acceptors (Lipinski definition) is 4. The van der Waals surface area contributed by atoms with E-state index in [1.807, 2.05) is 35.8 Å². The highest BCUT2D eigenvalue weighted by Gasteiger charge is 2.15. The largest absolute Gasteiger partial charge is 0.494 e. The van der Waals surface area contributed by atoms with Crippen molar-refractivity contribution < 1.29 is 9.13 Å². The van der Waals surface area contributed by atoms with Crippen LogP contribution in [0.2, 0.25) is 5.02 Å². The van der Waals surface area contributed by atoms with Crippen LogP contribution in [0.5, 0.6) is 5.75 Å². The summed E-state index contributed by atoms with van der Waals surface area (Å²) in [6.45, 7) is 6.92. The number of halogens is 2. The molecule has 0 aliphatic carbocycles. The second kappa shape index (κ2) is 9.06. The highest BCUT2D eigenvalue weighted by molar-refractivity contribution is 7.98. The van der Waals surface area contributed by atoms with Crippen LogP contribution in [0.3, 0.4) is 0 Å². The molecule has 140 valence electrons. The molecule has 0 spiro atoms. The van der Waals surface area contributed by atoms with Gasteiger partial charge in [0.2, 0.25) is 0 Å². The summed E-state index contributed by atoms with van der Waals surface area (Å²) in [5.74, 6) is 1.57. The third-order valence-electron chi connectivity index (χ3n) is 3.86. The summed E-state index contributed by atoms with van der Waals surface area (Å²) >= 11 is 7.50. The number of thioether (sulfide) groups is 1. The number of nitrogens with zero attached hydrogens (tertiary/aromatic N) is 3. The van der Waals surface area contributed by atoms with Gasteiger partial charge in [0, 0.05) is 28.4 Å². The minimum absolute atomic E-state index is 0.323. The topological polar surface area (TPSA) is 39.9 Å². The Bertz CT molecular complexity index is 907. The first kappa shape index (κ1) is 19.5. The van der Waals surface area contributed by atoms with Gasteiger partial charge in [-0.25, -0.2) is 4.39 Å². The highest BCUT2D eigenvalue weighted by Crippen LogP contribution is 2.30. The van der Waals surface area contributed by atoms with Crippen molar-refractivity contribution in [2.45, 2.75) is 24.4 Å². The van der Waals surface area contributed by atoms with Crippen LogP contribution in [0.1, 0.15) is 12.5 Å². The Hall–Kier alpha value is -2.31. The average molecular weight is 404 g/mol. The van der Waals surface area contributed by atoms with Gasteiger partial charge in [0.15, 0.2) is 11.0 Å². The van der Waals surface area contributed by atoms with Gasteiger partial charge in [-0.05, 0) is 43.3 Å². The van der Waals surface area contributed by atoms with Crippen LogP contribution in [0.15, 0.2) is 60.3 Å². The van der Waals surface area contributed by atoms with Crippen molar-refractivity contribution in [1.29, 1.82) is 0 Å². The van der Waals surface area contributed by atoms with Crippen LogP contribution in [-0.2, 0) is 12.3 Å². The van der Waals surface area contributed by atoms with Crippen molar-refractivity contribution in [2.75, 3.05) is 6.61 Å². The first-order valence-corrected chi connectivity index (χ1v) is 9.83. The first-order valence-electron chi connectivity index (χ1n) is 8.47. The zero-order valence-electron chi connectivity index (χ0n) is 14.9. The number of aromatic nitrogens is 3. The van der Waals surface area contributed by atoms with E-state index >= 15 is 0 Å². The van der Waals surface area contributed by atoms with Crippen LogP contribution in [0.25, 0.3) is 11.4 Å². The van der Waals surface area contributed by atoms with Crippen molar-refractivity contribution in [2.24, 2.45) is 0 Å². The smallest absolute Gasteiger partial charge is 0.192 e. The van der Waals surface area contributed by atoms with E-state index in [0.29, 0.717) is 34.6 Å². The second-order valence-corrected chi connectivity index (χ2v) is 7.00. The number of rotatable bonds is 8. The molecule has 3 rings (SSSR count). The van der Waals surface area contributed by atoms with Crippen molar-refractivity contribution in [3.8, 4) is 17.1 Å². The molecule has 0 aliphatic heterocycles. The van der Waals surface area contributed by atoms with Gasteiger partial charge in [-0.2, -0.15) is 0 Å². The maximum Gasteiger partial charge on any atom is 0.192 e. The van der Waals surface area contributed by atoms with Crippen LogP contribution < -0.4 is 4.74 Å². The van der Waals surface area contributed by atoms with E-state index in [9.17, 15) is 4.39 Å². The fourth-order valence-electron chi connectivity index (χ4n) is 2.58. The van der Waals surface area contributed by atoms with E-state index in [1.54, 1.807) is 18.2 Å². The summed E-state index contributed by atoms with van der Waals surface area (Å²) in [6, 6.07) is 12.4. The lowest BCUT2D eigenvalue weighted by Gasteiger charge is -2.09.